The fourth-order valence-electron chi connectivity index (χ4n) is 2.29. The minimum Gasteiger partial charge on any atom is -0.380 e. The lowest BCUT2D eigenvalue weighted by Crippen LogP contribution is -2.34. The molecule has 3 heteroatoms. The number of methoxy groups -OCH3 is 1. The van der Waals surface area contributed by atoms with E-state index in [2.05, 4.69) is 27.7 Å². The first-order chi connectivity index (χ1) is 10.4. The van der Waals surface area contributed by atoms with Crippen molar-refractivity contribution in [1.29, 1.82) is 0 Å². The summed E-state index contributed by atoms with van der Waals surface area (Å²) in [5.74, 6) is 1.35. The summed E-state index contributed by atoms with van der Waals surface area (Å²) >= 11 is 0. The quantitative estimate of drug-likeness (QED) is 0.678. The second kappa shape index (κ2) is 9.62. The highest BCUT2D eigenvalue weighted by molar-refractivity contribution is 5.94. The molecule has 0 heterocycles. The highest BCUT2D eigenvalue weighted by Gasteiger charge is 2.16. The number of hydrogen-bond donors (Lipinski definition) is 0. The summed E-state index contributed by atoms with van der Waals surface area (Å²) in [5.41, 5.74) is 1.81. The Labute approximate surface area is 135 Å². The summed E-state index contributed by atoms with van der Waals surface area (Å²) in [5, 5.41) is 0. The van der Waals surface area contributed by atoms with E-state index in [4.69, 9.17) is 4.74 Å². The number of benzene rings is 1. The highest BCUT2D eigenvalue weighted by Crippen LogP contribution is 2.13. The molecule has 0 atom stereocenters. The first-order valence-corrected chi connectivity index (χ1v) is 8.31. The smallest absolute Gasteiger partial charge is 0.253 e. The second-order valence-corrected chi connectivity index (χ2v) is 6.79. The average Bonchev–Trinajstić information content (AvgIpc) is 2.47. The Balaban J connectivity index is 2.82. The zero-order valence-corrected chi connectivity index (χ0v) is 14.8. The lowest BCUT2D eigenvalue weighted by Gasteiger charge is -2.25. The molecule has 0 aliphatic carbocycles. The van der Waals surface area contributed by atoms with Crippen LogP contribution in [-0.2, 0) is 11.3 Å². The summed E-state index contributed by atoms with van der Waals surface area (Å²) in [4.78, 5) is 14.8. The molecule has 0 spiro atoms. The molecule has 0 unspecified atom stereocenters. The van der Waals surface area contributed by atoms with E-state index in [1.54, 1.807) is 7.11 Å². The van der Waals surface area contributed by atoms with Crippen LogP contribution >= 0.6 is 0 Å². The van der Waals surface area contributed by atoms with Crippen molar-refractivity contribution < 1.29 is 9.53 Å². The van der Waals surface area contributed by atoms with Gasteiger partial charge in [-0.2, -0.15) is 0 Å². The van der Waals surface area contributed by atoms with Crippen LogP contribution in [0.25, 0.3) is 0 Å². The number of nitrogens with zero attached hydrogens (tertiary/aromatic N) is 1. The standard InChI is InChI=1S/C19H31NO2/c1-15(2)9-11-20(12-10-16(3)4)19(21)18-8-6-7-17(13-18)14-22-5/h6-8,13,15-16H,9-12,14H2,1-5H3. The second-order valence-electron chi connectivity index (χ2n) is 6.79. The van der Waals surface area contributed by atoms with Gasteiger partial charge in [-0.1, -0.05) is 39.8 Å². The van der Waals surface area contributed by atoms with Crippen LogP contribution in [0.4, 0.5) is 0 Å². The summed E-state index contributed by atoms with van der Waals surface area (Å²) in [6.45, 7) is 11.0. The molecule has 0 N–H and O–H groups in total. The minimum atomic E-state index is 0.138. The fourth-order valence-corrected chi connectivity index (χ4v) is 2.29. The van der Waals surface area contributed by atoms with E-state index >= 15 is 0 Å². The van der Waals surface area contributed by atoms with Gasteiger partial charge < -0.3 is 9.64 Å². The third-order valence-corrected chi connectivity index (χ3v) is 3.72. The van der Waals surface area contributed by atoms with E-state index < -0.39 is 0 Å². The van der Waals surface area contributed by atoms with Crippen molar-refractivity contribution in [3.8, 4) is 0 Å². The van der Waals surface area contributed by atoms with Crippen LogP contribution in [0.1, 0.15) is 56.5 Å². The molecule has 1 aromatic rings. The number of hydrogen-bond acceptors (Lipinski definition) is 2. The van der Waals surface area contributed by atoms with E-state index in [0.29, 0.717) is 18.4 Å². The third kappa shape index (κ3) is 6.61. The van der Waals surface area contributed by atoms with Gasteiger partial charge in [-0.25, -0.2) is 0 Å². The van der Waals surface area contributed by atoms with Crippen molar-refractivity contribution in [2.75, 3.05) is 20.2 Å². The van der Waals surface area contributed by atoms with Crippen molar-refractivity contribution >= 4 is 5.91 Å². The Morgan fingerprint density at radius 2 is 1.68 bits per heavy atom. The van der Waals surface area contributed by atoms with Crippen molar-refractivity contribution in [2.45, 2.75) is 47.1 Å². The molecule has 1 aromatic carbocycles. The van der Waals surface area contributed by atoms with Crippen LogP contribution in [0.5, 0.6) is 0 Å². The Kier molecular flexibility index (Phi) is 8.18. The minimum absolute atomic E-state index is 0.138. The molecule has 3 nitrogen and oxygen atoms in total. The van der Waals surface area contributed by atoms with Gasteiger partial charge in [0, 0.05) is 25.8 Å². The monoisotopic (exact) mass is 305 g/mol. The van der Waals surface area contributed by atoms with Gasteiger partial charge in [-0.3, -0.25) is 4.79 Å². The molecule has 0 aromatic heterocycles. The maximum atomic E-state index is 12.8. The Morgan fingerprint density at radius 3 is 2.18 bits per heavy atom. The molecule has 1 rings (SSSR count). The number of carbonyl (C=O) groups is 1. The summed E-state index contributed by atoms with van der Waals surface area (Å²) < 4.78 is 5.16. The fraction of sp³-hybridized carbons (Fsp3) is 0.632. The summed E-state index contributed by atoms with van der Waals surface area (Å²) in [6, 6.07) is 7.78. The molecular formula is C19H31NO2. The molecule has 0 aliphatic rings. The van der Waals surface area contributed by atoms with Crippen LogP contribution in [0, 0.1) is 11.8 Å². The number of amides is 1. The predicted molar refractivity (Wildman–Crippen MR) is 92.0 cm³/mol. The highest BCUT2D eigenvalue weighted by atomic mass is 16.5. The third-order valence-electron chi connectivity index (χ3n) is 3.72. The first-order valence-electron chi connectivity index (χ1n) is 8.31. The molecule has 0 aliphatic heterocycles. The van der Waals surface area contributed by atoms with Crippen LogP contribution in [0.2, 0.25) is 0 Å². The van der Waals surface area contributed by atoms with Gasteiger partial charge in [0.05, 0.1) is 6.61 Å². The molecule has 0 saturated carbocycles. The SMILES string of the molecule is COCc1cccc(C(=O)N(CCC(C)C)CCC(C)C)c1. The van der Waals surface area contributed by atoms with Gasteiger partial charge in [0.2, 0.25) is 0 Å². The van der Waals surface area contributed by atoms with Crippen LogP contribution in [0.3, 0.4) is 0 Å². The van der Waals surface area contributed by atoms with E-state index in [0.717, 1.165) is 37.1 Å². The Hall–Kier alpha value is -1.35. The van der Waals surface area contributed by atoms with E-state index in [9.17, 15) is 4.79 Å². The van der Waals surface area contributed by atoms with Gasteiger partial charge >= 0.3 is 0 Å². The number of ether oxygens (including phenoxy) is 1. The van der Waals surface area contributed by atoms with Crippen LogP contribution in [0.15, 0.2) is 24.3 Å². The molecule has 124 valence electrons. The van der Waals surface area contributed by atoms with Gasteiger partial charge in [0.1, 0.15) is 0 Å². The molecule has 0 fully saturated rings. The first kappa shape index (κ1) is 18.7. The molecule has 0 saturated heterocycles. The van der Waals surface area contributed by atoms with Gasteiger partial charge in [-0.05, 0) is 42.4 Å². The van der Waals surface area contributed by atoms with Crippen LogP contribution < -0.4 is 0 Å². The van der Waals surface area contributed by atoms with Crippen LogP contribution in [-0.4, -0.2) is 31.0 Å². The van der Waals surface area contributed by atoms with Gasteiger partial charge in [0.15, 0.2) is 0 Å². The van der Waals surface area contributed by atoms with Crippen molar-refractivity contribution in [3.63, 3.8) is 0 Å². The molecule has 0 bridgehead atoms. The maximum absolute atomic E-state index is 12.8. The van der Waals surface area contributed by atoms with Crippen molar-refractivity contribution in [1.82, 2.24) is 4.90 Å². The molecular weight excluding hydrogens is 274 g/mol. The van der Waals surface area contributed by atoms with Crippen molar-refractivity contribution in [3.05, 3.63) is 35.4 Å². The van der Waals surface area contributed by atoms with Gasteiger partial charge in [0.25, 0.3) is 5.91 Å². The Bertz CT molecular complexity index is 443. The lowest BCUT2D eigenvalue weighted by atomic mass is 10.1. The average molecular weight is 305 g/mol. The number of rotatable bonds is 9. The largest absolute Gasteiger partial charge is 0.380 e. The maximum Gasteiger partial charge on any atom is 0.253 e. The summed E-state index contributed by atoms with van der Waals surface area (Å²) in [7, 11) is 1.67. The van der Waals surface area contributed by atoms with Gasteiger partial charge in [-0.15, -0.1) is 0 Å². The van der Waals surface area contributed by atoms with Crippen molar-refractivity contribution in [2.24, 2.45) is 11.8 Å². The normalized spacial score (nSPS) is 11.2. The molecule has 0 radical (unpaired) electrons. The Morgan fingerprint density at radius 1 is 1.09 bits per heavy atom. The predicted octanol–water partition coefficient (Wildman–Crippen LogP) is 4.37. The zero-order valence-electron chi connectivity index (χ0n) is 14.8. The van der Waals surface area contributed by atoms with E-state index in [-0.39, 0.29) is 5.91 Å². The number of carbonyl (C=O) groups excluding carboxylic acids is 1. The lowest BCUT2D eigenvalue weighted by molar-refractivity contribution is 0.0740. The molecule has 22 heavy (non-hydrogen) atoms. The van der Waals surface area contributed by atoms with E-state index in [1.165, 1.54) is 0 Å². The zero-order chi connectivity index (χ0) is 16.5. The molecule has 1 amide bonds. The topological polar surface area (TPSA) is 29.5 Å². The summed E-state index contributed by atoms with van der Waals surface area (Å²) in [6.07, 6.45) is 2.09. The van der Waals surface area contributed by atoms with E-state index in [1.807, 2.05) is 29.2 Å².